The van der Waals surface area contributed by atoms with Gasteiger partial charge in [-0.15, -0.1) is 11.3 Å². The first-order valence-electron chi connectivity index (χ1n) is 7.93. The summed E-state index contributed by atoms with van der Waals surface area (Å²) in [5, 5.41) is 2.93. The Morgan fingerprint density at radius 2 is 2.17 bits per heavy atom. The maximum absolute atomic E-state index is 11.9. The molecular weight excluding hydrogens is 306 g/mol. The molecule has 23 heavy (non-hydrogen) atoms. The maximum atomic E-state index is 11.9. The Morgan fingerprint density at radius 3 is 2.91 bits per heavy atom. The normalized spacial score (nSPS) is 14.6. The van der Waals surface area contributed by atoms with Crippen molar-refractivity contribution in [2.75, 3.05) is 18.0 Å². The molecule has 0 spiro atoms. The molecule has 1 saturated heterocycles. The first-order chi connectivity index (χ1) is 11.2. The van der Waals surface area contributed by atoms with E-state index in [-0.39, 0.29) is 5.91 Å². The van der Waals surface area contributed by atoms with Gasteiger partial charge in [-0.2, -0.15) is 0 Å². The van der Waals surface area contributed by atoms with Crippen LogP contribution in [0.15, 0.2) is 36.5 Å². The maximum Gasteiger partial charge on any atom is 0.244 e. The van der Waals surface area contributed by atoms with Gasteiger partial charge < -0.3 is 10.2 Å². The summed E-state index contributed by atoms with van der Waals surface area (Å²) in [6.45, 7) is 4.73. The zero-order valence-corrected chi connectivity index (χ0v) is 14.1. The summed E-state index contributed by atoms with van der Waals surface area (Å²) >= 11 is 1.68. The number of anilines is 1. The summed E-state index contributed by atoms with van der Waals surface area (Å²) < 4.78 is 0. The van der Waals surface area contributed by atoms with Gasteiger partial charge in [-0.1, -0.05) is 0 Å². The van der Waals surface area contributed by atoms with Crippen LogP contribution in [-0.2, 0) is 11.3 Å². The molecule has 2 aromatic rings. The molecule has 0 aromatic carbocycles. The molecule has 1 aliphatic rings. The van der Waals surface area contributed by atoms with Crippen LogP contribution in [0.1, 0.15) is 28.2 Å². The third-order valence-corrected chi connectivity index (χ3v) is 4.83. The number of pyridine rings is 1. The summed E-state index contributed by atoms with van der Waals surface area (Å²) in [6, 6.07) is 8.10. The number of hydrogen-bond donors (Lipinski definition) is 1. The van der Waals surface area contributed by atoms with E-state index in [1.54, 1.807) is 17.4 Å². The van der Waals surface area contributed by atoms with Crippen molar-refractivity contribution in [3.63, 3.8) is 0 Å². The molecule has 0 atom stereocenters. The second-order valence-corrected chi connectivity index (χ2v) is 7.04. The summed E-state index contributed by atoms with van der Waals surface area (Å²) in [5.74, 6) is 0.939. The van der Waals surface area contributed by atoms with Crippen molar-refractivity contribution >= 4 is 29.1 Å². The fourth-order valence-corrected chi connectivity index (χ4v) is 3.42. The van der Waals surface area contributed by atoms with Gasteiger partial charge in [0.2, 0.25) is 5.91 Å². The smallest absolute Gasteiger partial charge is 0.244 e. The standard InChI is InChI=1S/C18H21N3OS/c1-14-4-5-16(23-14)6-7-18(22)20-13-15-8-9-19-17(12-15)21-10-2-3-11-21/h4-9,12H,2-3,10-11,13H2,1H3,(H,20,22)/b7-6+. The van der Waals surface area contributed by atoms with Crippen LogP contribution in [0.5, 0.6) is 0 Å². The number of carbonyl (C=O) groups is 1. The lowest BCUT2D eigenvalue weighted by Crippen LogP contribution is -2.22. The minimum absolute atomic E-state index is 0.0735. The largest absolute Gasteiger partial charge is 0.357 e. The van der Waals surface area contributed by atoms with Crippen LogP contribution in [0.3, 0.4) is 0 Å². The molecule has 1 amide bonds. The Kier molecular flexibility index (Phi) is 5.08. The lowest BCUT2D eigenvalue weighted by Gasteiger charge is -2.16. The van der Waals surface area contributed by atoms with E-state index < -0.39 is 0 Å². The molecule has 0 radical (unpaired) electrons. The SMILES string of the molecule is Cc1ccc(/C=C/C(=O)NCc2ccnc(N3CCCC3)c2)s1. The number of hydrogen-bond acceptors (Lipinski definition) is 4. The van der Waals surface area contributed by atoms with Crippen LogP contribution in [0.2, 0.25) is 0 Å². The van der Waals surface area contributed by atoms with Crippen molar-refractivity contribution < 1.29 is 4.79 Å². The first-order valence-corrected chi connectivity index (χ1v) is 8.74. The fourth-order valence-electron chi connectivity index (χ4n) is 2.64. The Hall–Kier alpha value is -2.14. The predicted molar refractivity (Wildman–Crippen MR) is 95.6 cm³/mol. The van der Waals surface area contributed by atoms with Crippen LogP contribution in [0.25, 0.3) is 6.08 Å². The highest BCUT2D eigenvalue weighted by Gasteiger charge is 2.13. The molecule has 1 aliphatic heterocycles. The zero-order valence-electron chi connectivity index (χ0n) is 13.3. The summed E-state index contributed by atoms with van der Waals surface area (Å²) in [5.41, 5.74) is 1.08. The zero-order chi connectivity index (χ0) is 16.1. The molecule has 0 bridgehead atoms. The van der Waals surface area contributed by atoms with Gasteiger partial charge in [-0.05, 0) is 55.7 Å². The minimum atomic E-state index is -0.0735. The molecule has 0 unspecified atom stereocenters. The van der Waals surface area contributed by atoms with E-state index in [4.69, 9.17) is 0 Å². The number of aryl methyl sites for hydroxylation is 1. The van der Waals surface area contributed by atoms with Gasteiger partial charge in [0, 0.05) is 41.7 Å². The van der Waals surface area contributed by atoms with Gasteiger partial charge in [0.25, 0.3) is 0 Å². The number of nitrogens with one attached hydrogen (secondary N) is 1. The van der Waals surface area contributed by atoms with E-state index in [9.17, 15) is 4.79 Å². The topological polar surface area (TPSA) is 45.2 Å². The van der Waals surface area contributed by atoms with Crippen molar-refractivity contribution in [2.45, 2.75) is 26.3 Å². The third-order valence-electron chi connectivity index (χ3n) is 3.87. The number of amides is 1. The van der Waals surface area contributed by atoms with Crippen molar-refractivity contribution in [1.82, 2.24) is 10.3 Å². The Balaban J connectivity index is 1.54. The van der Waals surface area contributed by atoms with Crippen molar-refractivity contribution in [3.8, 4) is 0 Å². The molecule has 4 nitrogen and oxygen atoms in total. The van der Waals surface area contributed by atoms with Gasteiger partial charge in [-0.25, -0.2) is 4.98 Å². The average Bonchev–Trinajstić information content (AvgIpc) is 3.23. The molecule has 3 heterocycles. The second-order valence-electron chi connectivity index (χ2n) is 5.72. The highest BCUT2D eigenvalue weighted by atomic mass is 32.1. The number of thiophene rings is 1. The van der Waals surface area contributed by atoms with E-state index in [0.29, 0.717) is 6.54 Å². The van der Waals surface area contributed by atoms with Crippen LogP contribution >= 0.6 is 11.3 Å². The van der Waals surface area contributed by atoms with Gasteiger partial charge in [-0.3, -0.25) is 4.79 Å². The Labute approximate surface area is 140 Å². The van der Waals surface area contributed by atoms with Crippen LogP contribution in [0, 0.1) is 6.92 Å². The number of aromatic nitrogens is 1. The number of rotatable bonds is 5. The number of carbonyl (C=O) groups excluding carboxylic acids is 1. The summed E-state index contributed by atoms with van der Waals surface area (Å²) in [7, 11) is 0. The quantitative estimate of drug-likeness (QED) is 0.856. The van der Waals surface area contributed by atoms with E-state index in [1.807, 2.05) is 24.4 Å². The lowest BCUT2D eigenvalue weighted by molar-refractivity contribution is -0.116. The van der Waals surface area contributed by atoms with Crippen molar-refractivity contribution in [1.29, 1.82) is 0 Å². The second kappa shape index (κ2) is 7.42. The van der Waals surface area contributed by atoms with Crippen LogP contribution < -0.4 is 10.2 Å². The molecule has 3 rings (SSSR count). The van der Waals surface area contributed by atoms with Crippen LogP contribution in [0.4, 0.5) is 5.82 Å². The molecule has 120 valence electrons. The molecule has 1 fully saturated rings. The van der Waals surface area contributed by atoms with E-state index in [0.717, 1.165) is 29.3 Å². The lowest BCUT2D eigenvalue weighted by atomic mass is 10.2. The van der Waals surface area contributed by atoms with Gasteiger partial charge in [0.1, 0.15) is 5.82 Å². The van der Waals surface area contributed by atoms with E-state index >= 15 is 0 Å². The molecule has 1 N–H and O–H groups in total. The van der Waals surface area contributed by atoms with Gasteiger partial charge >= 0.3 is 0 Å². The molecule has 0 aliphatic carbocycles. The highest BCUT2D eigenvalue weighted by Crippen LogP contribution is 2.18. The van der Waals surface area contributed by atoms with Gasteiger partial charge in [0.05, 0.1) is 0 Å². The Morgan fingerprint density at radius 1 is 1.35 bits per heavy atom. The first kappa shape index (κ1) is 15.7. The minimum Gasteiger partial charge on any atom is -0.357 e. The fraction of sp³-hybridized carbons (Fsp3) is 0.333. The Bertz CT molecular complexity index is 702. The molecule has 2 aromatic heterocycles. The monoisotopic (exact) mass is 327 g/mol. The predicted octanol–water partition coefficient (Wildman–Crippen LogP) is 3.38. The van der Waals surface area contributed by atoms with E-state index in [1.165, 1.54) is 17.7 Å². The summed E-state index contributed by atoms with van der Waals surface area (Å²) in [6.07, 6.45) is 7.73. The van der Waals surface area contributed by atoms with Crippen molar-refractivity contribution in [3.05, 3.63) is 51.9 Å². The molecule has 5 heteroatoms. The molecule has 0 saturated carbocycles. The van der Waals surface area contributed by atoms with E-state index in [2.05, 4.69) is 34.3 Å². The average molecular weight is 327 g/mol. The number of nitrogens with zero attached hydrogens (tertiary/aromatic N) is 2. The van der Waals surface area contributed by atoms with Crippen LogP contribution in [-0.4, -0.2) is 24.0 Å². The molecular formula is C18H21N3OS. The van der Waals surface area contributed by atoms with Gasteiger partial charge in [0.15, 0.2) is 0 Å². The summed E-state index contributed by atoms with van der Waals surface area (Å²) in [4.78, 5) is 21.0. The third kappa shape index (κ3) is 4.42. The highest BCUT2D eigenvalue weighted by molar-refractivity contribution is 7.12. The van der Waals surface area contributed by atoms with Crippen molar-refractivity contribution in [2.24, 2.45) is 0 Å².